The number of aliphatic hydroxyl groups is 1. The Balaban J connectivity index is 1.51. The highest BCUT2D eigenvalue weighted by molar-refractivity contribution is 6.08. The Kier molecular flexibility index (Phi) is 8.21. The molecule has 1 atom stereocenters. The summed E-state index contributed by atoms with van der Waals surface area (Å²) in [6, 6.07) is 3.47. The van der Waals surface area contributed by atoms with E-state index in [-0.39, 0.29) is 18.1 Å². The molecule has 2 aromatic carbocycles. The van der Waals surface area contributed by atoms with E-state index >= 15 is 0 Å². The summed E-state index contributed by atoms with van der Waals surface area (Å²) >= 11 is 0. The minimum absolute atomic E-state index is 0.221. The van der Waals surface area contributed by atoms with Gasteiger partial charge >= 0.3 is 0 Å². The Morgan fingerprint density at radius 3 is 1.71 bits per heavy atom. The van der Waals surface area contributed by atoms with Crippen LogP contribution >= 0.6 is 0 Å². The van der Waals surface area contributed by atoms with Crippen molar-refractivity contribution in [2.45, 2.75) is 32.8 Å². The van der Waals surface area contributed by atoms with E-state index in [1.165, 1.54) is 47.9 Å². The number of Topliss-reactive ketones (excluding diaryl/α,β-unsaturated/α-hetero) is 1. The Morgan fingerprint density at radius 1 is 0.763 bits per heavy atom. The lowest BCUT2D eigenvalue weighted by Gasteiger charge is -2.20. The van der Waals surface area contributed by atoms with E-state index in [0.717, 1.165) is 0 Å². The molecule has 0 aliphatic rings. The Bertz CT molecular complexity index is 1430. The van der Waals surface area contributed by atoms with Crippen LogP contribution in [0.3, 0.4) is 0 Å². The first-order valence-electron chi connectivity index (χ1n) is 12.1. The fraction of sp³-hybridized carbons (Fsp3) is 0.393. The average molecular weight is 529 g/mol. The van der Waals surface area contributed by atoms with Crippen LogP contribution in [0.5, 0.6) is 34.5 Å². The molecule has 1 unspecified atom stereocenters. The predicted molar refractivity (Wildman–Crippen MR) is 139 cm³/mol. The van der Waals surface area contributed by atoms with Crippen LogP contribution in [0.4, 0.5) is 0 Å². The number of aliphatic hydroxyl groups excluding tert-OH is 1. The van der Waals surface area contributed by atoms with Crippen LogP contribution in [0, 0.1) is 0 Å². The summed E-state index contributed by atoms with van der Waals surface area (Å²) in [5.41, 5.74) is 1.68. The van der Waals surface area contributed by atoms with Crippen molar-refractivity contribution < 1.29 is 47.2 Å². The minimum Gasteiger partial charge on any atom is -0.495 e. The van der Waals surface area contributed by atoms with Gasteiger partial charge in [-0.15, -0.1) is 0 Å². The first-order chi connectivity index (χ1) is 18.4. The molecule has 10 nitrogen and oxygen atoms in total. The second-order valence-corrected chi connectivity index (χ2v) is 8.54. The number of carbonyl (C=O) groups is 1. The van der Waals surface area contributed by atoms with Crippen molar-refractivity contribution in [1.82, 2.24) is 0 Å². The third-order valence-electron chi connectivity index (χ3n) is 6.21. The van der Waals surface area contributed by atoms with Crippen molar-refractivity contribution in [3.8, 4) is 34.5 Å². The van der Waals surface area contributed by atoms with E-state index in [9.17, 15) is 9.90 Å². The predicted octanol–water partition coefficient (Wildman–Crippen LogP) is 5.71. The van der Waals surface area contributed by atoms with Crippen molar-refractivity contribution in [1.29, 1.82) is 0 Å². The number of rotatable bonds is 13. The van der Waals surface area contributed by atoms with E-state index in [0.29, 0.717) is 81.3 Å². The van der Waals surface area contributed by atoms with E-state index in [4.69, 9.17) is 37.3 Å². The molecule has 4 aromatic rings. The number of ketones is 1. The van der Waals surface area contributed by atoms with Gasteiger partial charge in [-0.05, 0) is 38.8 Å². The third-order valence-corrected chi connectivity index (χ3v) is 6.21. The number of carbonyl (C=O) groups excluding carboxylic acids is 1. The zero-order valence-electron chi connectivity index (χ0n) is 22.3. The van der Waals surface area contributed by atoms with Crippen LogP contribution in [-0.4, -0.2) is 52.5 Å². The fourth-order valence-corrected chi connectivity index (χ4v) is 4.59. The maximum atomic E-state index is 12.5. The van der Waals surface area contributed by atoms with Gasteiger partial charge in [0.15, 0.2) is 28.4 Å². The number of fused-ring (bicyclic) bond motifs is 2. The van der Waals surface area contributed by atoms with Crippen LogP contribution in [0.15, 0.2) is 33.5 Å². The maximum absolute atomic E-state index is 12.5. The molecule has 2 heterocycles. The van der Waals surface area contributed by atoms with Crippen LogP contribution in [0.25, 0.3) is 21.9 Å². The third kappa shape index (κ3) is 4.67. The minimum atomic E-state index is -0.875. The van der Waals surface area contributed by atoms with Gasteiger partial charge in [0.05, 0.1) is 76.6 Å². The average Bonchev–Trinajstić information content (AvgIpc) is 3.58. The van der Waals surface area contributed by atoms with Crippen molar-refractivity contribution in [3.05, 3.63) is 35.8 Å². The molecule has 0 saturated heterocycles. The Hall–Kier alpha value is -4.05. The molecule has 1 N–H and O–H groups in total. The zero-order chi connectivity index (χ0) is 27.4. The lowest BCUT2D eigenvalue weighted by atomic mass is 10.0. The zero-order valence-corrected chi connectivity index (χ0v) is 22.3. The van der Waals surface area contributed by atoms with Gasteiger partial charge < -0.3 is 42.4 Å². The van der Waals surface area contributed by atoms with Gasteiger partial charge in [0, 0.05) is 0 Å². The number of unbranched alkanes of at least 4 members (excludes halogenated alkanes) is 1. The number of furan rings is 2. The largest absolute Gasteiger partial charge is 0.495 e. The molecule has 0 radical (unpaired) electrons. The fourth-order valence-electron chi connectivity index (χ4n) is 4.59. The van der Waals surface area contributed by atoms with E-state index in [1.54, 1.807) is 19.1 Å². The van der Waals surface area contributed by atoms with E-state index in [1.807, 2.05) is 0 Å². The lowest BCUT2D eigenvalue weighted by molar-refractivity contribution is 0.100. The van der Waals surface area contributed by atoms with Crippen LogP contribution in [-0.2, 0) is 0 Å². The first kappa shape index (κ1) is 27.0. The quantitative estimate of drug-likeness (QED) is 0.171. The molecule has 10 heteroatoms. The van der Waals surface area contributed by atoms with Crippen molar-refractivity contribution in [3.63, 3.8) is 0 Å². The summed E-state index contributed by atoms with van der Waals surface area (Å²) in [7, 11) is 6.03. The number of hydrogen-bond donors (Lipinski definition) is 1. The summed E-state index contributed by atoms with van der Waals surface area (Å²) < 4.78 is 45.5. The van der Waals surface area contributed by atoms with Crippen molar-refractivity contribution in [2.24, 2.45) is 0 Å². The molecule has 2 aromatic heterocycles. The molecule has 0 aliphatic carbocycles. The summed E-state index contributed by atoms with van der Waals surface area (Å²) in [5, 5.41) is 11.8. The highest BCUT2D eigenvalue weighted by atomic mass is 16.5. The smallest absolute Gasteiger partial charge is 0.205 e. The molecule has 0 spiro atoms. The summed E-state index contributed by atoms with van der Waals surface area (Å²) in [6.45, 7) is 3.65. The maximum Gasteiger partial charge on any atom is 0.205 e. The van der Waals surface area contributed by atoms with Gasteiger partial charge in [-0.25, -0.2) is 0 Å². The van der Waals surface area contributed by atoms with Gasteiger partial charge in [0.2, 0.25) is 11.5 Å². The second-order valence-electron chi connectivity index (χ2n) is 8.54. The second kappa shape index (κ2) is 11.6. The molecule has 4 rings (SSSR count). The highest BCUT2D eigenvalue weighted by Crippen LogP contribution is 2.49. The van der Waals surface area contributed by atoms with Crippen LogP contribution < -0.4 is 28.4 Å². The molecular formula is C28H32O10. The first-order valence-corrected chi connectivity index (χ1v) is 12.1. The summed E-state index contributed by atoms with van der Waals surface area (Å²) in [6.07, 6.45) is 3.34. The molecule has 0 aliphatic heterocycles. The van der Waals surface area contributed by atoms with Gasteiger partial charge in [-0.1, -0.05) is 0 Å². The summed E-state index contributed by atoms with van der Waals surface area (Å²) in [4.78, 5) is 12.5. The van der Waals surface area contributed by atoms with Gasteiger partial charge in [-0.2, -0.15) is 0 Å². The molecule has 0 amide bonds. The van der Waals surface area contributed by atoms with Gasteiger partial charge in [-0.3, -0.25) is 4.79 Å². The molecule has 0 bridgehead atoms. The molecule has 204 valence electrons. The van der Waals surface area contributed by atoms with Gasteiger partial charge in [0.25, 0.3) is 0 Å². The number of hydrogen-bond acceptors (Lipinski definition) is 10. The van der Waals surface area contributed by atoms with Gasteiger partial charge in [0.1, 0.15) is 17.1 Å². The topological polar surface area (TPSA) is 119 Å². The molecule has 38 heavy (non-hydrogen) atoms. The lowest BCUT2D eigenvalue weighted by Crippen LogP contribution is -2.10. The summed E-state index contributed by atoms with van der Waals surface area (Å²) in [5.74, 6) is 1.96. The van der Waals surface area contributed by atoms with Crippen molar-refractivity contribution in [2.75, 3.05) is 41.7 Å². The highest BCUT2D eigenvalue weighted by Gasteiger charge is 2.28. The SMILES string of the molecule is COc1c(C(C)=O)c(OCCCCOc2c(C(C)O)c(OC)c3ccoc3c2OC)c(OC)c2occc12. The Labute approximate surface area is 219 Å². The molecule has 0 saturated carbocycles. The number of methoxy groups -OCH3 is 4. The monoisotopic (exact) mass is 528 g/mol. The number of ether oxygens (including phenoxy) is 6. The molecular weight excluding hydrogens is 496 g/mol. The Morgan fingerprint density at radius 2 is 1.24 bits per heavy atom. The number of benzene rings is 2. The normalized spacial score (nSPS) is 12.0. The van der Waals surface area contributed by atoms with E-state index in [2.05, 4.69) is 0 Å². The molecule has 0 fully saturated rings. The van der Waals surface area contributed by atoms with Crippen LogP contribution in [0.2, 0.25) is 0 Å². The van der Waals surface area contributed by atoms with Crippen molar-refractivity contribution >= 4 is 27.7 Å². The standard InChI is InChI=1S/C28H32O10/c1-15(29)19-21(31-3)17-9-13-37-23(17)27(33-5)25(19)35-11-7-8-12-36-26-20(16(2)30)22(32-4)18-10-14-38-24(18)28(26)34-6/h9-10,13-15,29H,7-8,11-12H2,1-6H3. The van der Waals surface area contributed by atoms with Crippen LogP contribution in [0.1, 0.15) is 48.7 Å². The van der Waals surface area contributed by atoms with E-state index < -0.39 is 6.10 Å².